The van der Waals surface area contributed by atoms with Crippen molar-refractivity contribution < 1.29 is 37.8 Å². The van der Waals surface area contributed by atoms with Gasteiger partial charge in [-0.05, 0) is 25.8 Å². The predicted molar refractivity (Wildman–Crippen MR) is 104 cm³/mol. The Balaban J connectivity index is 2.24. The lowest BCUT2D eigenvalue weighted by Crippen LogP contribution is -2.57. The monoisotopic (exact) mass is 448 g/mol. The zero-order valence-corrected chi connectivity index (χ0v) is 17.2. The van der Waals surface area contributed by atoms with Gasteiger partial charge in [0.2, 0.25) is 5.91 Å². The van der Waals surface area contributed by atoms with Crippen LogP contribution >= 0.6 is 11.8 Å². The van der Waals surface area contributed by atoms with E-state index in [1.807, 2.05) is 0 Å². The lowest BCUT2D eigenvalue weighted by molar-refractivity contribution is -0.157. The highest BCUT2D eigenvalue weighted by atomic mass is 32.2. The van der Waals surface area contributed by atoms with Gasteiger partial charge in [-0.2, -0.15) is 13.2 Å². The highest BCUT2D eigenvalue weighted by Gasteiger charge is 2.50. The fraction of sp³-hybridized carbons (Fsp3) is 0.526. The van der Waals surface area contributed by atoms with E-state index in [1.165, 1.54) is 11.8 Å². The van der Waals surface area contributed by atoms with Crippen LogP contribution in [0.2, 0.25) is 0 Å². The van der Waals surface area contributed by atoms with Crippen molar-refractivity contribution in [1.29, 1.82) is 0 Å². The summed E-state index contributed by atoms with van der Waals surface area (Å²) in [6.45, 7) is 3.28. The first-order chi connectivity index (χ1) is 13.8. The molecule has 7 nitrogen and oxygen atoms in total. The molecular weight excluding hydrogens is 425 g/mol. The Bertz CT molecular complexity index is 788. The Kier molecular flexibility index (Phi) is 7.40. The van der Waals surface area contributed by atoms with Crippen molar-refractivity contribution in [1.82, 2.24) is 10.2 Å². The molecule has 1 fully saturated rings. The minimum Gasteiger partial charge on any atom is -0.480 e. The molecular formula is C19H23F3N2O5S. The molecule has 0 radical (unpaired) electrons. The second-order valence-electron chi connectivity index (χ2n) is 7.53. The van der Waals surface area contributed by atoms with Gasteiger partial charge in [-0.25, -0.2) is 4.79 Å². The Labute approximate surface area is 175 Å². The molecule has 0 aromatic heterocycles. The number of nitrogens with zero attached hydrogens (tertiary/aromatic N) is 1. The highest BCUT2D eigenvalue weighted by molar-refractivity contribution is 8.00. The van der Waals surface area contributed by atoms with Crippen molar-refractivity contribution in [2.24, 2.45) is 0 Å². The first kappa shape index (κ1) is 24.0. The van der Waals surface area contributed by atoms with Crippen molar-refractivity contribution in [3.63, 3.8) is 0 Å². The van der Waals surface area contributed by atoms with E-state index in [4.69, 9.17) is 0 Å². The van der Waals surface area contributed by atoms with Crippen molar-refractivity contribution in [2.45, 2.75) is 55.8 Å². The van der Waals surface area contributed by atoms with Crippen LogP contribution < -0.4 is 5.32 Å². The minimum atomic E-state index is -4.75. The first-order valence-electron chi connectivity index (χ1n) is 9.07. The molecule has 1 aliphatic rings. The summed E-state index contributed by atoms with van der Waals surface area (Å²) < 4.78 is 36.8. The molecule has 1 aromatic carbocycles. The zero-order chi connectivity index (χ0) is 22.7. The normalized spacial score (nSPS) is 20.5. The first-order valence-corrected chi connectivity index (χ1v) is 10.1. The number of carbonyl (C=O) groups excluding carboxylic acids is 2. The number of carboxylic acid groups (broad SMARTS) is 1. The maximum absolute atomic E-state index is 12.9. The summed E-state index contributed by atoms with van der Waals surface area (Å²) in [6, 6.07) is 5.72. The van der Waals surface area contributed by atoms with Crippen LogP contribution in [0.25, 0.3) is 0 Å². The van der Waals surface area contributed by atoms with Gasteiger partial charge < -0.3 is 20.4 Å². The van der Waals surface area contributed by atoms with Crippen molar-refractivity contribution in [2.75, 3.05) is 5.88 Å². The number of thioether (sulfide) groups is 1. The lowest BCUT2D eigenvalue weighted by Gasteiger charge is -2.31. The average molecular weight is 448 g/mol. The number of hydrogen-bond donors (Lipinski definition) is 3. The van der Waals surface area contributed by atoms with Gasteiger partial charge >= 0.3 is 12.1 Å². The highest BCUT2D eigenvalue weighted by Crippen LogP contribution is 2.39. The molecule has 1 aromatic rings. The molecule has 11 heteroatoms. The third-order valence-electron chi connectivity index (χ3n) is 4.70. The third-order valence-corrected chi connectivity index (χ3v) is 6.08. The summed E-state index contributed by atoms with van der Waals surface area (Å²) >= 11 is 1.20. The van der Waals surface area contributed by atoms with Gasteiger partial charge in [-0.3, -0.25) is 9.59 Å². The summed E-state index contributed by atoms with van der Waals surface area (Å²) in [5.41, 5.74) is 0.576. The molecule has 0 spiro atoms. The Morgan fingerprint density at radius 1 is 1.27 bits per heavy atom. The summed E-state index contributed by atoms with van der Waals surface area (Å²) in [5, 5.41) is 22.2. The van der Waals surface area contributed by atoms with Crippen LogP contribution in [0.15, 0.2) is 30.3 Å². The smallest absolute Gasteiger partial charge is 0.397 e. The molecule has 166 valence electrons. The standard InChI is InChI=1S/C19H23F3N2O5S/c1-18(2)15(17(28)29)24(10-30-18)16(27)14(26)12(8-11-6-4-3-5-7-11)23-13(25)9-19(20,21)22/h3-7,12,14-15,26H,8-10H2,1-2H3,(H,23,25)(H,28,29)/t12-,14-,15+/m0/s1. The average Bonchev–Trinajstić information content (AvgIpc) is 2.94. The number of halogens is 3. The van der Waals surface area contributed by atoms with Crippen molar-refractivity contribution in [3.8, 4) is 0 Å². The number of aliphatic hydroxyl groups is 1. The van der Waals surface area contributed by atoms with E-state index in [-0.39, 0.29) is 12.3 Å². The molecule has 1 aliphatic heterocycles. The minimum absolute atomic E-state index is 0.00554. The second-order valence-corrected chi connectivity index (χ2v) is 9.13. The number of hydrogen-bond acceptors (Lipinski definition) is 5. The number of aliphatic carboxylic acids is 1. The molecule has 3 atom stereocenters. The molecule has 1 saturated heterocycles. The van der Waals surface area contributed by atoms with Crippen molar-refractivity contribution >= 4 is 29.5 Å². The van der Waals surface area contributed by atoms with E-state index < -0.39 is 53.3 Å². The Morgan fingerprint density at radius 2 is 1.87 bits per heavy atom. The van der Waals surface area contributed by atoms with E-state index >= 15 is 0 Å². The van der Waals surface area contributed by atoms with Crippen LogP contribution in [0.1, 0.15) is 25.8 Å². The van der Waals surface area contributed by atoms with Crippen LogP contribution in [0.3, 0.4) is 0 Å². The van der Waals surface area contributed by atoms with Gasteiger partial charge in [0, 0.05) is 4.75 Å². The van der Waals surface area contributed by atoms with Gasteiger partial charge in [0.25, 0.3) is 5.91 Å². The van der Waals surface area contributed by atoms with Crippen LogP contribution in [-0.2, 0) is 20.8 Å². The second kappa shape index (κ2) is 9.25. The number of carbonyl (C=O) groups is 3. The number of nitrogens with one attached hydrogen (secondary N) is 1. The maximum Gasteiger partial charge on any atom is 0.397 e. The van der Waals surface area contributed by atoms with E-state index in [9.17, 15) is 37.8 Å². The molecule has 0 saturated carbocycles. The van der Waals surface area contributed by atoms with E-state index in [2.05, 4.69) is 5.32 Å². The van der Waals surface area contributed by atoms with Gasteiger partial charge in [-0.15, -0.1) is 11.8 Å². The van der Waals surface area contributed by atoms with E-state index in [0.717, 1.165) is 4.90 Å². The number of benzene rings is 1. The quantitative estimate of drug-likeness (QED) is 0.587. The molecule has 0 bridgehead atoms. The molecule has 3 N–H and O–H groups in total. The molecule has 2 rings (SSSR count). The Hall–Kier alpha value is -2.27. The fourth-order valence-electron chi connectivity index (χ4n) is 3.28. The predicted octanol–water partition coefficient (Wildman–Crippen LogP) is 1.79. The van der Waals surface area contributed by atoms with Gasteiger partial charge in [0.05, 0.1) is 11.9 Å². The summed E-state index contributed by atoms with van der Waals surface area (Å²) in [6.07, 6.45) is -8.54. The van der Waals surface area contributed by atoms with E-state index in [1.54, 1.807) is 44.2 Å². The van der Waals surface area contributed by atoms with E-state index in [0.29, 0.717) is 5.56 Å². The molecule has 1 heterocycles. The summed E-state index contributed by atoms with van der Waals surface area (Å²) in [5.74, 6) is -3.62. The van der Waals surface area contributed by atoms with Gasteiger partial charge in [0.1, 0.15) is 12.5 Å². The van der Waals surface area contributed by atoms with Gasteiger partial charge in [-0.1, -0.05) is 30.3 Å². The van der Waals surface area contributed by atoms with Crippen LogP contribution in [0.5, 0.6) is 0 Å². The van der Waals surface area contributed by atoms with Crippen LogP contribution in [-0.4, -0.2) is 67.9 Å². The lowest BCUT2D eigenvalue weighted by atomic mass is 9.97. The molecule has 0 aliphatic carbocycles. The Morgan fingerprint density at radius 3 is 2.40 bits per heavy atom. The third kappa shape index (κ3) is 6.11. The summed E-state index contributed by atoms with van der Waals surface area (Å²) in [7, 11) is 0. The zero-order valence-electron chi connectivity index (χ0n) is 16.3. The number of carboxylic acids is 1. The number of amides is 2. The molecule has 0 unspecified atom stereocenters. The number of alkyl halides is 3. The molecule has 30 heavy (non-hydrogen) atoms. The number of rotatable bonds is 7. The largest absolute Gasteiger partial charge is 0.480 e. The summed E-state index contributed by atoms with van der Waals surface area (Å²) in [4.78, 5) is 37.3. The topological polar surface area (TPSA) is 107 Å². The fourth-order valence-corrected chi connectivity index (χ4v) is 4.41. The molecule has 2 amide bonds. The maximum atomic E-state index is 12.9. The SMILES string of the molecule is CC1(C)SCN(C(=O)[C@@H](O)[C@H](Cc2ccccc2)NC(=O)CC(F)(F)F)[C@@H]1C(=O)O. The van der Waals surface area contributed by atoms with Crippen molar-refractivity contribution in [3.05, 3.63) is 35.9 Å². The van der Waals surface area contributed by atoms with Crippen LogP contribution in [0.4, 0.5) is 13.2 Å². The van der Waals surface area contributed by atoms with Gasteiger partial charge in [0.15, 0.2) is 6.10 Å². The van der Waals surface area contributed by atoms with Crippen LogP contribution in [0, 0.1) is 0 Å². The number of aliphatic hydroxyl groups excluding tert-OH is 1.